The minimum absolute atomic E-state index is 0.583. The summed E-state index contributed by atoms with van der Waals surface area (Å²) >= 11 is 0. The van der Waals surface area contributed by atoms with Crippen LogP contribution in [-0.2, 0) is 0 Å². The van der Waals surface area contributed by atoms with Gasteiger partial charge in [0.25, 0.3) is 0 Å². The predicted molar refractivity (Wildman–Crippen MR) is 65.2 cm³/mol. The predicted octanol–water partition coefficient (Wildman–Crippen LogP) is 3.28. The molecule has 1 heteroatoms. The lowest BCUT2D eigenvalue weighted by Gasteiger charge is -2.16. The van der Waals surface area contributed by atoms with Crippen molar-refractivity contribution in [2.75, 3.05) is 6.54 Å². The maximum Gasteiger partial charge on any atom is 0.0326 e. The first-order valence-corrected chi connectivity index (χ1v) is 5.89. The second-order valence-corrected chi connectivity index (χ2v) is 5.09. The van der Waals surface area contributed by atoms with Crippen molar-refractivity contribution >= 4 is 0 Å². The maximum absolute atomic E-state index is 3.61. The zero-order valence-corrected chi connectivity index (χ0v) is 10.2. The van der Waals surface area contributed by atoms with Gasteiger partial charge < -0.3 is 5.32 Å². The summed E-state index contributed by atoms with van der Waals surface area (Å²) in [5.41, 5.74) is 5.76. The Hall–Kier alpha value is -0.820. The molecule has 1 saturated heterocycles. The minimum atomic E-state index is 0.583. The molecule has 0 saturated carbocycles. The van der Waals surface area contributed by atoms with E-state index in [0.29, 0.717) is 6.04 Å². The highest BCUT2D eigenvalue weighted by Crippen LogP contribution is 2.30. The summed E-state index contributed by atoms with van der Waals surface area (Å²) in [5.74, 6) is 0.816. The van der Waals surface area contributed by atoms with Crippen molar-refractivity contribution in [1.82, 2.24) is 5.32 Å². The number of hydrogen-bond acceptors (Lipinski definition) is 1. The van der Waals surface area contributed by atoms with Crippen molar-refractivity contribution in [3.8, 4) is 0 Å². The first-order chi connectivity index (χ1) is 7.08. The van der Waals surface area contributed by atoms with Crippen LogP contribution < -0.4 is 5.32 Å². The van der Waals surface area contributed by atoms with E-state index in [4.69, 9.17) is 0 Å². The average molecular weight is 203 g/mol. The van der Waals surface area contributed by atoms with Gasteiger partial charge in [-0.3, -0.25) is 0 Å². The van der Waals surface area contributed by atoms with Gasteiger partial charge in [-0.15, -0.1) is 0 Å². The van der Waals surface area contributed by atoms with Crippen LogP contribution in [0.5, 0.6) is 0 Å². The van der Waals surface area contributed by atoms with E-state index in [1.807, 2.05) is 0 Å². The molecular weight excluding hydrogens is 182 g/mol. The molecule has 1 aromatic carbocycles. The molecular formula is C14H21N. The van der Waals surface area contributed by atoms with Crippen LogP contribution in [0.1, 0.15) is 41.6 Å². The third-order valence-corrected chi connectivity index (χ3v) is 3.61. The van der Waals surface area contributed by atoms with Gasteiger partial charge in [-0.2, -0.15) is 0 Å². The van der Waals surface area contributed by atoms with E-state index in [2.05, 4.69) is 45.1 Å². The smallest absolute Gasteiger partial charge is 0.0326 e. The second kappa shape index (κ2) is 3.97. The van der Waals surface area contributed by atoms with Crippen LogP contribution in [0.25, 0.3) is 0 Å². The van der Waals surface area contributed by atoms with E-state index in [9.17, 15) is 0 Å². The molecule has 1 heterocycles. The molecule has 1 aliphatic heterocycles. The lowest BCUT2D eigenvalue weighted by Crippen LogP contribution is -2.14. The Morgan fingerprint density at radius 3 is 2.33 bits per heavy atom. The monoisotopic (exact) mass is 203 g/mol. The summed E-state index contributed by atoms with van der Waals surface area (Å²) in [6, 6.07) is 5.26. The van der Waals surface area contributed by atoms with Crippen LogP contribution in [0.2, 0.25) is 0 Å². The van der Waals surface area contributed by atoms with Gasteiger partial charge in [0.15, 0.2) is 0 Å². The van der Waals surface area contributed by atoms with E-state index in [-0.39, 0.29) is 0 Å². The van der Waals surface area contributed by atoms with Gasteiger partial charge in [0, 0.05) is 6.04 Å². The molecule has 1 fully saturated rings. The summed E-state index contributed by atoms with van der Waals surface area (Å²) in [4.78, 5) is 0. The highest BCUT2D eigenvalue weighted by atomic mass is 14.9. The van der Waals surface area contributed by atoms with Crippen LogP contribution >= 0.6 is 0 Å². The van der Waals surface area contributed by atoms with Crippen molar-refractivity contribution in [3.05, 3.63) is 34.4 Å². The Kier molecular flexibility index (Phi) is 2.83. The molecule has 0 spiro atoms. The minimum Gasteiger partial charge on any atom is -0.310 e. The Morgan fingerprint density at radius 2 is 1.73 bits per heavy atom. The summed E-state index contributed by atoms with van der Waals surface area (Å²) in [7, 11) is 0. The highest BCUT2D eigenvalue weighted by molar-refractivity contribution is 5.38. The standard InChI is InChI=1S/C14H21N/c1-9-5-14(15-8-9)13-7-11(3)10(2)6-12(13)4/h6-7,9,14-15H,5,8H2,1-4H3/t9-,14+/m1/s1. The Morgan fingerprint density at radius 1 is 1.07 bits per heavy atom. The quantitative estimate of drug-likeness (QED) is 0.738. The highest BCUT2D eigenvalue weighted by Gasteiger charge is 2.23. The summed E-state index contributed by atoms with van der Waals surface area (Å²) in [6.45, 7) is 10.1. The van der Waals surface area contributed by atoms with Gasteiger partial charge in [-0.05, 0) is 61.9 Å². The maximum atomic E-state index is 3.61. The summed E-state index contributed by atoms with van der Waals surface area (Å²) in [6.07, 6.45) is 1.28. The third kappa shape index (κ3) is 2.07. The fraction of sp³-hybridized carbons (Fsp3) is 0.571. The van der Waals surface area contributed by atoms with E-state index in [1.165, 1.54) is 28.7 Å². The zero-order chi connectivity index (χ0) is 11.0. The van der Waals surface area contributed by atoms with Crippen molar-refractivity contribution in [1.29, 1.82) is 0 Å². The molecule has 2 atom stereocenters. The first kappa shape index (κ1) is 10.7. The van der Waals surface area contributed by atoms with Crippen LogP contribution in [0.3, 0.4) is 0 Å². The average Bonchev–Trinajstić information content (AvgIpc) is 2.58. The number of aryl methyl sites for hydroxylation is 3. The number of nitrogens with one attached hydrogen (secondary N) is 1. The van der Waals surface area contributed by atoms with Crippen molar-refractivity contribution < 1.29 is 0 Å². The number of benzene rings is 1. The van der Waals surface area contributed by atoms with E-state index < -0.39 is 0 Å². The van der Waals surface area contributed by atoms with Crippen molar-refractivity contribution in [2.45, 2.75) is 40.2 Å². The van der Waals surface area contributed by atoms with Crippen molar-refractivity contribution in [2.24, 2.45) is 5.92 Å². The zero-order valence-electron chi connectivity index (χ0n) is 10.2. The van der Waals surface area contributed by atoms with Crippen LogP contribution in [0, 0.1) is 26.7 Å². The Bertz CT molecular complexity index is 368. The molecule has 0 amide bonds. The topological polar surface area (TPSA) is 12.0 Å². The normalized spacial score (nSPS) is 25.9. The molecule has 0 aliphatic carbocycles. The van der Waals surface area contributed by atoms with Crippen LogP contribution in [0.4, 0.5) is 0 Å². The SMILES string of the molecule is Cc1cc(C)c([C@@H]2C[C@@H](C)CN2)cc1C. The second-order valence-electron chi connectivity index (χ2n) is 5.09. The molecule has 1 N–H and O–H groups in total. The molecule has 1 aromatic rings. The molecule has 1 nitrogen and oxygen atoms in total. The van der Waals surface area contributed by atoms with Gasteiger partial charge in [0.1, 0.15) is 0 Å². The molecule has 0 unspecified atom stereocenters. The summed E-state index contributed by atoms with van der Waals surface area (Å²) < 4.78 is 0. The third-order valence-electron chi connectivity index (χ3n) is 3.61. The van der Waals surface area contributed by atoms with Gasteiger partial charge in [0.2, 0.25) is 0 Å². The first-order valence-electron chi connectivity index (χ1n) is 5.89. The van der Waals surface area contributed by atoms with E-state index in [0.717, 1.165) is 12.5 Å². The fourth-order valence-corrected chi connectivity index (χ4v) is 2.51. The van der Waals surface area contributed by atoms with Gasteiger partial charge in [-0.25, -0.2) is 0 Å². The molecule has 82 valence electrons. The lowest BCUT2D eigenvalue weighted by atomic mass is 9.93. The number of rotatable bonds is 1. The van der Waals surface area contributed by atoms with Gasteiger partial charge >= 0.3 is 0 Å². The fourth-order valence-electron chi connectivity index (χ4n) is 2.51. The van der Waals surface area contributed by atoms with Crippen LogP contribution in [0.15, 0.2) is 12.1 Å². The van der Waals surface area contributed by atoms with E-state index in [1.54, 1.807) is 0 Å². The largest absolute Gasteiger partial charge is 0.310 e. The lowest BCUT2D eigenvalue weighted by molar-refractivity contribution is 0.609. The Labute approximate surface area is 92.9 Å². The summed E-state index contributed by atoms with van der Waals surface area (Å²) in [5, 5.41) is 3.61. The molecule has 0 bridgehead atoms. The molecule has 0 radical (unpaired) electrons. The van der Waals surface area contributed by atoms with Crippen LogP contribution in [-0.4, -0.2) is 6.54 Å². The van der Waals surface area contributed by atoms with E-state index >= 15 is 0 Å². The molecule has 2 rings (SSSR count). The molecule has 15 heavy (non-hydrogen) atoms. The van der Waals surface area contributed by atoms with Crippen molar-refractivity contribution in [3.63, 3.8) is 0 Å². The Balaban J connectivity index is 2.32. The van der Waals surface area contributed by atoms with Gasteiger partial charge in [0.05, 0.1) is 0 Å². The molecule has 1 aliphatic rings. The number of hydrogen-bond donors (Lipinski definition) is 1. The van der Waals surface area contributed by atoms with Gasteiger partial charge in [-0.1, -0.05) is 19.1 Å². The molecule has 0 aromatic heterocycles.